The van der Waals surface area contributed by atoms with E-state index in [1.54, 1.807) is 6.07 Å². The van der Waals surface area contributed by atoms with Crippen molar-refractivity contribution < 1.29 is 0 Å². The van der Waals surface area contributed by atoms with Crippen molar-refractivity contribution in [1.29, 1.82) is 0 Å². The summed E-state index contributed by atoms with van der Waals surface area (Å²) in [4.78, 5) is 30.4. The van der Waals surface area contributed by atoms with Crippen molar-refractivity contribution in [2.24, 2.45) is 0 Å². The van der Waals surface area contributed by atoms with Crippen LogP contribution in [0.15, 0.2) is 211 Å². The van der Waals surface area contributed by atoms with Gasteiger partial charge in [-0.25, -0.2) is 15.0 Å². The zero-order valence-corrected chi connectivity index (χ0v) is 32.7. The summed E-state index contributed by atoms with van der Waals surface area (Å²) in [5.41, 5.74) is 9.61. The maximum absolute atomic E-state index is 14.9. The van der Waals surface area contributed by atoms with Crippen LogP contribution in [0.5, 0.6) is 0 Å². The van der Waals surface area contributed by atoms with E-state index in [0.717, 1.165) is 82.7 Å². The normalized spacial score (nSPS) is 11.7. The minimum Gasteiger partial charge on any atom is -0.307 e. The van der Waals surface area contributed by atoms with Gasteiger partial charge >= 0.3 is 0 Å². The number of rotatable bonds is 6. The number of pyridine rings is 1. The molecular weight excluding hydrogens is 749 g/mol. The molecule has 12 aromatic rings. The smallest absolute Gasteiger partial charge is 0.256 e. The third kappa shape index (κ3) is 5.45. The Balaban J connectivity index is 1.33. The molecule has 0 aliphatic carbocycles. The molecule has 12 rings (SSSR count). The molecule has 0 spiro atoms. The lowest BCUT2D eigenvalue weighted by Crippen LogP contribution is -2.20. The number of nitrogens with zero attached hydrogens (tertiary/aromatic N) is 6. The number of hydrogen-bond acceptors (Lipinski definition) is 4. The van der Waals surface area contributed by atoms with E-state index in [1.807, 2.05) is 95.6 Å². The van der Waals surface area contributed by atoms with Gasteiger partial charge in [0.15, 0.2) is 17.5 Å². The Labute approximate surface area is 349 Å². The molecule has 61 heavy (non-hydrogen) atoms. The van der Waals surface area contributed by atoms with Crippen molar-refractivity contribution in [3.05, 3.63) is 217 Å². The Kier molecular flexibility index (Phi) is 7.86. The summed E-state index contributed by atoms with van der Waals surface area (Å²) in [5, 5.41) is 5.37. The second-order valence-corrected chi connectivity index (χ2v) is 15.2. The topological polar surface area (TPSA) is 70.5 Å². The van der Waals surface area contributed by atoms with E-state index in [0.29, 0.717) is 23.0 Å². The van der Waals surface area contributed by atoms with Crippen molar-refractivity contribution in [3.8, 4) is 51.2 Å². The number of fused-ring (bicyclic) bond motifs is 7. The molecule has 286 valence electrons. The summed E-state index contributed by atoms with van der Waals surface area (Å²) in [6, 6.07) is 70.0. The van der Waals surface area contributed by atoms with Crippen molar-refractivity contribution in [3.63, 3.8) is 0 Å². The van der Waals surface area contributed by atoms with Crippen LogP contribution in [0.1, 0.15) is 0 Å². The van der Waals surface area contributed by atoms with Gasteiger partial charge in [0, 0.05) is 55.4 Å². The largest absolute Gasteiger partial charge is 0.307 e. The third-order valence-corrected chi connectivity index (χ3v) is 11.7. The van der Waals surface area contributed by atoms with Crippen LogP contribution in [-0.4, -0.2) is 28.7 Å². The monoisotopic (exact) mass is 782 g/mol. The molecule has 4 heterocycles. The van der Waals surface area contributed by atoms with E-state index in [2.05, 4.69) is 118 Å². The molecule has 7 nitrogen and oxygen atoms in total. The molecule has 0 aliphatic rings. The first-order valence-corrected chi connectivity index (χ1v) is 20.3. The molecule has 0 aliphatic heterocycles. The molecule has 0 amide bonds. The standard InChI is InChI=1S/C54H34N6O/c61-49-34-42(54-56-52(35-18-4-1-5-19-35)55-53(57-54)36-20-6-2-7-21-36)50-47(58(49)37-22-8-3-9-23-37)32-33-48(59-43-28-14-10-24-38(43)39-25-11-15-29-44(39)59)51(50)60-45-30-16-12-26-40(45)41-27-13-17-31-46(41)60/h1-34H. The molecule has 0 saturated carbocycles. The van der Waals surface area contributed by atoms with Gasteiger partial charge in [0.25, 0.3) is 5.56 Å². The van der Waals surface area contributed by atoms with Crippen LogP contribution >= 0.6 is 0 Å². The summed E-state index contributed by atoms with van der Waals surface area (Å²) in [6.45, 7) is 0. The lowest BCUT2D eigenvalue weighted by atomic mass is 10.0. The zero-order chi connectivity index (χ0) is 40.4. The van der Waals surface area contributed by atoms with Crippen molar-refractivity contribution in [1.82, 2.24) is 28.7 Å². The van der Waals surface area contributed by atoms with Gasteiger partial charge < -0.3 is 9.13 Å². The molecule has 0 unspecified atom stereocenters. The zero-order valence-electron chi connectivity index (χ0n) is 32.7. The Morgan fingerprint density at radius 3 is 1.25 bits per heavy atom. The first kappa shape index (κ1) is 34.6. The van der Waals surface area contributed by atoms with E-state index >= 15 is 0 Å². The fourth-order valence-electron chi connectivity index (χ4n) is 9.10. The quantitative estimate of drug-likeness (QED) is 0.168. The maximum Gasteiger partial charge on any atom is 0.256 e. The van der Waals surface area contributed by atoms with Gasteiger partial charge in [0.05, 0.1) is 39.0 Å². The van der Waals surface area contributed by atoms with Gasteiger partial charge in [-0.15, -0.1) is 0 Å². The molecule has 7 heteroatoms. The first-order valence-electron chi connectivity index (χ1n) is 20.3. The molecule has 8 aromatic carbocycles. The minimum absolute atomic E-state index is 0.200. The number of hydrogen-bond donors (Lipinski definition) is 0. The van der Waals surface area contributed by atoms with E-state index in [1.165, 1.54) is 0 Å². The molecule has 0 radical (unpaired) electrons. The van der Waals surface area contributed by atoms with Crippen molar-refractivity contribution in [2.45, 2.75) is 0 Å². The third-order valence-electron chi connectivity index (χ3n) is 11.7. The Bertz CT molecular complexity index is 3560. The van der Waals surface area contributed by atoms with Gasteiger partial charge in [-0.1, -0.05) is 152 Å². The van der Waals surface area contributed by atoms with Gasteiger partial charge in [-0.2, -0.15) is 0 Å². The van der Waals surface area contributed by atoms with Gasteiger partial charge in [-0.05, 0) is 48.5 Å². The van der Waals surface area contributed by atoms with E-state index in [9.17, 15) is 4.79 Å². The number of para-hydroxylation sites is 5. The lowest BCUT2D eigenvalue weighted by Gasteiger charge is -2.22. The predicted octanol–water partition coefficient (Wildman–Crippen LogP) is 12.4. The van der Waals surface area contributed by atoms with Gasteiger partial charge in [-0.3, -0.25) is 9.36 Å². The van der Waals surface area contributed by atoms with E-state index in [4.69, 9.17) is 15.0 Å². The highest BCUT2D eigenvalue weighted by Gasteiger charge is 2.26. The average molecular weight is 783 g/mol. The highest BCUT2D eigenvalue weighted by molar-refractivity contribution is 6.14. The molecule has 0 atom stereocenters. The summed E-state index contributed by atoms with van der Waals surface area (Å²) in [5.74, 6) is 1.43. The summed E-state index contributed by atoms with van der Waals surface area (Å²) >= 11 is 0. The highest BCUT2D eigenvalue weighted by atomic mass is 16.1. The van der Waals surface area contributed by atoms with Crippen LogP contribution in [0.25, 0.3) is 106 Å². The fraction of sp³-hybridized carbons (Fsp3) is 0. The first-order chi connectivity index (χ1) is 30.2. The average Bonchev–Trinajstić information content (AvgIpc) is 3.84. The van der Waals surface area contributed by atoms with Crippen LogP contribution in [0, 0.1) is 0 Å². The van der Waals surface area contributed by atoms with Crippen LogP contribution in [0.2, 0.25) is 0 Å². The van der Waals surface area contributed by atoms with E-state index < -0.39 is 0 Å². The molecule has 0 fully saturated rings. The van der Waals surface area contributed by atoms with Crippen LogP contribution in [0.4, 0.5) is 0 Å². The summed E-state index contributed by atoms with van der Waals surface area (Å²) in [7, 11) is 0. The molecule has 0 bridgehead atoms. The lowest BCUT2D eigenvalue weighted by molar-refractivity contribution is 1.03. The second kappa shape index (κ2) is 13.9. The minimum atomic E-state index is -0.200. The number of benzene rings is 8. The summed E-state index contributed by atoms with van der Waals surface area (Å²) < 4.78 is 6.54. The highest BCUT2D eigenvalue weighted by Crippen LogP contribution is 2.43. The van der Waals surface area contributed by atoms with Gasteiger partial charge in [0.1, 0.15) is 0 Å². The van der Waals surface area contributed by atoms with Crippen molar-refractivity contribution >= 4 is 54.5 Å². The predicted molar refractivity (Wildman–Crippen MR) is 248 cm³/mol. The van der Waals surface area contributed by atoms with Crippen LogP contribution < -0.4 is 5.56 Å². The Hall–Kier alpha value is -8.42. The van der Waals surface area contributed by atoms with E-state index in [-0.39, 0.29) is 5.56 Å². The Morgan fingerprint density at radius 2 is 0.754 bits per heavy atom. The van der Waals surface area contributed by atoms with Gasteiger partial charge in [0.2, 0.25) is 0 Å². The Morgan fingerprint density at radius 1 is 0.344 bits per heavy atom. The fourth-order valence-corrected chi connectivity index (χ4v) is 9.10. The maximum atomic E-state index is 14.9. The molecule has 0 N–H and O–H groups in total. The van der Waals surface area contributed by atoms with Crippen LogP contribution in [0.3, 0.4) is 0 Å². The molecule has 0 saturated heterocycles. The number of aromatic nitrogens is 6. The van der Waals surface area contributed by atoms with Crippen LogP contribution in [-0.2, 0) is 0 Å². The second-order valence-electron chi connectivity index (χ2n) is 15.2. The molecular formula is C54H34N6O. The molecule has 4 aromatic heterocycles. The van der Waals surface area contributed by atoms with Crippen molar-refractivity contribution in [2.75, 3.05) is 0 Å². The SMILES string of the molecule is O=c1cc(-c2nc(-c3ccccc3)nc(-c3ccccc3)n2)c2c(-n3c4ccccc4c4ccccc43)c(-n3c4ccccc4c4ccccc43)ccc2n1-c1ccccc1. The summed E-state index contributed by atoms with van der Waals surface area (Å²) in [6.07, 6.45) is 0.